The van der Waals surface area contributed by atoms with Crippen LogP contribution in [-0.2, 0) is 19.6 Å². The van der Waals surface area contributed by atoms with E-state index in [-0.39, 0.29) is 5.91 Å². The highest BCUT2D eigenvalue weighted by Gasteiger charge is 2.23. The number of hydrogen-bond donors (Lipinski definition) is 3. The van der Waals surface area contributed by atoms with Crippen molar-refractivity contribution in [2.45, 2.75) is 57.7 Å². The Morgan fingerprint density at radius 3 is 3.04 bits per heavy atom. The van der Waals surface area contributed by atoms with Crippen molar-refractivity contribution in [3.05, 3.63) is 34.9 Å². The highest BCUT2D eigenvalue weighted by Crippen LogP contribution is 2.33. The molecular weight excluding hydrogens is 304 g/mol. The van der Waals surface area contributed by atoms with Gasteiger partial charge in [0.2, 0.25) is 0 Å². The third-order valence-electron chi connectivity index (χ3n) is 5.08. The summed E-state index contributed by atoms with van der Waals surface area (Å²) >= 11 is 0. The Balaban J connectivity index is 1.41. The summed E-state index contributed by atoms with van der Waals surface area (Å²) in [4.78, 5) is 12.6. The van der Waals surface area contributed by atoms with E-state index in [1.807, 2.05) is 4.68 Å². The fourth-order valence-corrected chi connectivity index (χ4v) is 3.78. The number of hydrogen-bond acceptors (Lipinski definition) is 4. The number of rotatable bonds is 4. The predicted octanol–water partition coefficient (Wildman–Crippen LogP) is 1.69. The van der Waals surface area contributed by atoms with Gasteiger partial charge in [0.1, 0.15) is 0 Å². The molecule has 3 heterocycles. The third kappa shape index (κ3) is 3.08. The zero-order chi connectivity index (χ0) is 16.4. The Hall–Kier alpha value is -2.15. The predicted molar refractivity (Wildman–Crippen MR) is 89.5 cm³/mol. The molecule has 1 aliphatic heterocycles. The first kappa shape index (κ1) is 15.4. The second-order valence-corrected chi connectivity index (χ2v) is 6.74. The second kappa shape index (κ2) is 6.76. The smallest absolute Gasteiger partial charge is 0.255 e. The van der Waals surface area contributed by atoms with Gasteiger partial charge >= 0.3 is 0 Å². The summed E-state index contributed by atoms with van der Waals surface area (Å²) < 4.78 is 2.02. The molecule has 1 aliphatic carbocycles. The number of aromatic nitrogens is 4. The molecule has 24 heavy (non-hydrogen) atoms. The van der Waals surface area contributed by atoms with Crippen molar-refractivity contribution >= 4 is 5.91 Å². The van der Waals surface area contributed by atoms with E-state index in [4.69, 9.17) is 0 Å². The average molecular weight is 328 g/mol. The Morgan fingerprint density at radius 2 is 2.21 bits per heavy atom. The van der Waals surface area contributed by atoms with Crippen LogP contribution in [0.5, 0.6) is 0 Å². The van der Waals surface area contributed by atoms with E-state index in [0.29, 0.717) is 18.0 Å². The Morgan fingerprint density at radius 1 is 1.33 bits per heavy atom. The maximum absolute atomic E-state index is 12.6. The maximum Gasteiger partial charge on any atom is 0.255 e. The highest BCUT2D eigenvalue weighted by atomic mass is 16.1. The van der Waals surface area contributed by atoms with Crippen LogP contribution < -0.4 is 10.6 Å². The van der Waals surface area contributed by atoms with Crippen molar-refractivity contribution in [1.29, 1.82) is 0 Å². The molecule has 3 N–H and O–H groups in total. The molecule has 4 rings (SSSR count). The van der Waals surface area contributed by atoms with Gasteiger partial charge in [-0.25, -0.2) is 0 Å². The Labute approximate surface area is 141 Å². The number of carbonyl (C=O) groups is 1. The van der Waals surface area contributed by atoms with Crippen LogP contribution in [0, 0.1) is 0 Å². The molecule has 0 bridgehead atoms. The van der Waals surface area contributed by atoms with Crippen LogP contribution in [0.2, 0.25) is 0 Å². The lowest BCUT2D eigenvalue weighted by molar-refractivity contribution is 0.0948. The molecular formula is C17H24N6O. The van der Waals surface area contributed by atoms with Crippen LogP contribution in [0.1, 0.15) is 65.5 Å². The van der Waals surface area contributed by atoms with Crippen LogP contribution >= 0.6 is 0 Å². The zero-order valence-corrected chi connectivity index (χ0v) is 13.8. The molecule has 7 heteroatoms. The minimum absolute atomic E-state index is 0.0616. The number of amides is 1. The molecule has 7 nitrogen and oxygen atoms in total. The van der Waals surface area contributed by atoms with Crippen LogP contribution in [0.25, 0.3) is 0 Å². The number of fused-ring (bicyclic) bond motifs is 1. The first-order valence-corrected chi connectivity index (χ1v) is 8.89. The summed E-state index contributed by atoms with van der Waals surface area (Å²) in [6.07, 6.45) is 7.71. The standard InChI is InChI=1S/C17H24N6O/c24-17(15-11-20-21-16(15)12-4-2-1-3-5-12)19-9-13-8-14-10-18-6-7-23(14)22-13/h8,11-12,18H,1-7,9-10H2,(H,19,24)(H,20,21). The summed E-state index contributed by atoms with van der Waals surface area (Å²) in [7, 11) is 0. The van der Waals surface area contributed by atoms with E-state index in [1.54, 1.807) is 6.20 Å². The summed E-state index contributed by atoms with van der Waals surface area (Å²) in [5.74, 6) is 0.376. The van der Waals surface area contributed by atoms with Crippen molar-refractivity contribution in [1.82, 2.24) is 30.6 Å². The summed E-state index contributed by atoms with van der Waals surface area (Å²) in [5.41, 5.74) is 3.77. The van der Waals surface area contributed by atoms with Crippen molar-refractivity contribution < 1.29 is 4.79 Å². The molecule has 1 saturated carbocycles. The van der Waals surface area contributed by atoms with Crippen molar-refractivity contribution in [2.75, 3.05) is 6.54 Å². The normalized spacial score (nSPS) is 18.3. The fraction of sp³-hybridized carbons (Fsp3) is 0.588. The van der Waals surface area contributed by atoms with Gasteiger partial charge in [-0.05, 0) is 18.9 Å². The van der Waals surface area contributed by atoms with Gasteiger partial charge in [0.05, 0.1) is 41.9 Å². The van der Waals surface area contributed by atoms with E-state index in [0.717, 1.165) is 43.9 Å². The van der Waals surface area contributed by atoms with Crippen molar-refractivity contribution in [3.63, 3.8) is 0 Å². The topological polar surface area (TPSA) is 87.6 Å². The lowest BCUT2D eigenvalue weighted by Gasteiger charge is -2.21. The molecule has 128 valence electrons. The van der Waals surface area contributed by atoms with Gasteiger partial charge in [0, 0.05) is 19.0 Å². The molecule has 0 unspecified atom stereocenters. The summed E-state index contributed by atoms with van der Waals surface area (Å²) in [6.45, 7) is 3.12. The van der Waals surface area contributed by atoms with Crippen LogP contribution in [0.3, 0.4) is 0 Å². The van der Waals surface area contributed by atoms with Gasteiger partial charge in [-0.1, -0.05) is 19.3 Å². The number of nitrogens with zero attached hydrogens (tertiary/aromatic N) is 3. The largest absolute Gasteiger partial charge is 0.346 e. The van der Waals surface area contributed by atoms with E-state index in [9.17, 15) is 4.79 Å². The lowest BCUT2D eigenvalue weighted by Crippen LogP contribution is -2.28. The van der Waals surface area contributed by atoms with Crippen molar-refractivity contribution in [2.24, 2.45) is 0 Å². The molecule has 0 atom stereocenters. The first-order valence-electron chi connectivity index (χ1n) is 8.89. The number of carbonyl (C=O) groups excluding carboxylic acids is 1. The molecule has 2 aromatic heterocycles. The minimum atomic E-state index is -0.0616. The molecule has 0 saturated heterocycles. The molecule has 1 fully saturated rings. The van der Waals surface area contributed by atoms with Crippen LogP contribution in [0.15, 0.2) is 12.3 Å². The third-order valence-corrected chi connectivity index (χ3v) is 5.08. The number of nitrogens with one attached hydrogen (secondary N) is 3. The Bertz CT molecular complexity index is 689. The number of aromatic amines is 1. The van der Waals surface area contributed by atoms with E-state index in [1.165, 1.54) is 25.0 Å². The van der Waals surface area contributed by atoms with Gasteiger partial charge in [-0.3, -0.25) is 14.6 Å². The minimum Gasteiger partial charge on any atom is -0.346 e. The quantitative estimate of drug-likeness (QED) is 0.797. The second-order valence-electron chi connectivity index (χ2n) is 6.74. The molecule has 2 aromatic rings. The monoisotopic (exact) mass is 328 g/mol. The molecule has 0 radical (unpaired) electrons. The van der Waals surface area contributed by atoms with Gasteiger partial charge in [0.25, 0.3) is 5.91 Å². The SMILES string of the molecule is O=C(NCc1cc2n(n1)CCNC2)c1cn[nH]c1C1CCCCC1. The van der Waals surface area contributed by atoms with E-state index >= 15 is 0 Å². The van der Waals surface area contributed by atoms with E-state index in [2.05, 4.69) is 32.0 Å². The van der Waals surface area contributed by atoms with Gasteiger partial charge in [-0.15, -0.1) is 0 Å². The van der Waals surface area contributed by atoms with Gasteiger partial charge in [-0.2, -0.15) is 10.2 Å². The number of H-pyrrole nitrogens is 1. The maximum atomic E-state index is 12.6. The van der Waals surface area contributed by atoms with Crippen LogP contribution in [-0.4, -0.2) is 32.4 Å². The van der Waals surface area contributed by atoms with Crippen LogP contribution in [0.4, 0.5) is 0 Å². The van der Waals surface area contributed by atoms with Gasteiger partial charge < -0.3 is 10.6 Å². The zero-order valence-electron chi connectivity index (χ0n) is 13.8. The highest BCUT2D eigenvalue weighted by molar-refractivity contribution is 5.95. The van der Waals surface area contributed by atoms with Gasteiger partial charge in [0.15, 0.2) is 0 Å². The average Bonchev–Trinajstić information content (AvgIpc) is 3.27. The first-order chi connectivity index (χ1) is 11.8. The molecule has 0 aromatic carbocycles. The van der Waals surface area contributed by atoms with E-state index < -0.39 is 0 Å². The lowest BCUT2D eigenvalue weighted by atomic mass is 9.85. The summed E-state index contributed by atoms with van der Waals surface area (Å²) in [5, 5.41) is 18.0. The Kier molecular flexibility index (Phi) is 4.34. The molecule has 0 spiro atoms. The molecule has 2 aliphatic rings. The fourth-order valence-electron chi connectivity index (χ4n) is 3.78. The molecule has 1 amide bonds. The van der Waals surface area contributed by atoms with Crippen molar-refractivity contribution in [3.8, 4) is 0 Å². The summed E-state index contributed by atoms with van der Waals surface area (Å²) in [6, 6.07) is 2.06.